The van der Waals surface area contributed by atoms with Crippen LogP contribution >= 0.6 is 18.6 Å². The Morgan fingerprint density at radius 3 is 1.53 bits per heavy atom. The second-order valence-corrected chi connectivity index (χ2v) is 5.40. The summed E-state index contributed by atoms with van der Waals surface area (Å²) in [7, 11) is 9.78. The van der Waals surface area contributed by atoms with E-state index in [2.05, 4.69) is 26.1 Å². The fraction of sp³-hybridized carbons (Fsp3) is 1.00. The molecule has 0 heterocycles. The third-order valence-corrected chi connectivity index (χ3v) is 1.28. The van der Waals surface area contributed by atoms with Crippen LogP contribution in [0.5, 0.6) is 0 Å². The molecular formula is C10H24Cl2NOTi-. The summed E-state index contributed by atoms with van der Waals surface area (Å²) < 4.78 is 0. The fourth-order valence-corrected chi connectivity index (χ4v) is 0.586. The van der Waals surface area contributed by atoms with Gasteiger partial charge >= 0.3 is 35.6 Å². The van der Waals surface area contributed by atoms with E-state index in [1.54, 1.807) is 0 Å². The van der Waals surface area contributed by atoms with Crippen molar-refractivity contribution in [2.24, 2.45) is 0 Å². The molecule has 0 spiro atoms. The van der Waals surface area contributed by atoms with Crippen molar-refractivity contribution >= 4 is 18.6 Å². The number of aliphatic hydroxyl groups is 1. The van der Waals surface area contributed by atoms with Gasteiger partial charge in [0.05, 0.1) is 0 Å². The van der Waals surface area contributed by atoms with E-state index in [0.717, 1.165) is 25.9 Å². The molecule has 0 aliphatic carbocycles. The van der Waals surface area contributed by atoms with Gasteiger partial charge in [-0.05, 0) is 6.42 Å². The van der Waals surface area contributed by atoms with Crippen LogP contribution in [-0.4, -0.2) is 24.8 Å². The molecule has 0 unspecified atom stereocenters. The van der Waals surface area contributed by atoms with Gasteiger partial charge in [0.25, 0.3) is 0 Å². The average molecular weight is 293 g/mol. The second-order valence-electron chi connectivity index (χ2n) is 2.82. The molecule has 94 valence electrons. The first-order chi connectivity index (χ1) is 7.24. The van der Waals surface area contributed by atoms with Crippen LogP contribution < -0.4 is 0 Å². The summed E-state index contributed by atoms with van der Waals surface area (Å²) in [5, 5.41) is 12.3. The van der Waals surface area contributed by atoms with Crippen molar-refractivity contribution in [1.29, 1.82) is 0 Å². The van der Waals surface area contributed by atoms with Crippen molar-refractivity contribution < 1.29 is 22.1 Å². The molecule has 15 heavy (non-hydrogen) atoms. The van der Waals surface area contributed by atoms with E-state index in [0.29, 0.717) is 6.61 Å². The van der Waals surface area contributed by atoms with Crippen LogP contribution in [0.25, 0.3) is 5.32 Å². The molecule has 0 radical (unpaired) electrons. The summed E-state index contributed by atoms with van der Waals surface area (Å²) >= 11 is -0.556. The van der Waals surface area contributed by atoms with E-state index in [1.807, 2.05) is 0 Å². The molecule has 5 heteroatoms. The molecule has 0 aliphatic rings. The number of unbranched alkanes of at least 4 members (excludes halogenated alkanes) is 1. The molecule has 0 amide bonds. The SMILES string of the molecule is CCCCO.CCC[N-]CCC.[Cl][Ti][Cl]. The first-order valence-electron chi connectivity index (χ1n) is 5.45. The van der Waals surface area contributed by atoms with Crippen LogP contribution in [0.15, 0.2) is 0 Å². The summed E-state index contributed by atoms with van der Waals surface area (Å²) in [5.74, 6) is 0. The van der Waals surface area contributed by atoms with E-state index in [4.69, 9.17) is 23.7 Å². The Morgan fingerprint density at radius 1 is 1.00 bits per heavy atom. The van der Waals surface area contributed by atoms with Crippen LogP contribution in [0, 0.1) is 0 Å². The molecule has 0 aliphatic heterocycles. The van der Waals surface area contributed by atoms with Crippen LogP contribution in [0.3, 0.4) is 0 Å². The maximum atomic E-state index is 8.07. The van der Waals surface area contributed by atoms with Gasteiger partial charge in [0.2, 0.25) is 0 Å². The quantitative estimate of drug-likeness (QED) is 0.574. The Kier molecular flexibility index (Phi) is 42.2. The van der Waals surface area contributed by atoms with Crippen LogP contribution in [0.2, 0.25) is 0 Å². The Hall–Kier alpha value is 1.21. The monoisotopic (exact) mass is 292 g/mol. The van der Waals surface area contributed by atoms with Gasteiger partial charge in [-0.25, -0.2) is 0 Å². The number of hydrogen-bond acceptors (Lipinski definition) is 1. The summed E-state index contributed by atoms with van der Waals surface area (Å²) in [6, 6.07) is 0. The topological polar surface area (TPSA) is 34.3 Å². The van der Waals surface area contributed by atoms with E-state index >= 15 is 0 Å². The maximum absolute atomic E-state index is 8.07. The summed E-state index contributed by atoms with van der Waals surface area (Å²) in [6.07, 6.45) is 4.43. The molecule has 0 rings (SSSR count). The molecule has 0 saturated heterocycles. The molecule has 0 bridgehead atoms. The second kappa shape index (κ2) is 29.5. The average Bonchev–Trinajstić information content (AvgIpc) is 2.22. The third-order valence-electron chi connectivity index (χ3n) is 1.28. The zero-order valence-electron chi connectivity index (χ0n) is 10.1. The van der Waals surface area contributed by atoms with E-state index < -0.39 is 17.0 Å². The van der Waals surface area contributed by atoms with Crippen LogP contribution in [0.4, 0.5) is 0 Å². The van der Waals surface area contributed by atoms with Gasteiger partial charge < -0.3 is 10.4 Å². The van der Waals surface area contributed by atoms with Crippen molar-refractivity contribution in [1.82, 2.24) is 0 Å². The van der Waals surface area contributed by atoms with Gasteiger partial charge in [0, 0.05) is 6.61 Å². The number of halogens is 2. The number of rotatable bonds is 6. The Balaban J connectivity index is -0.000000158. The van der Waals surface area contributed by atoms with Gasteiger partial charge in [0.1, 0.15) is 0 Å². The molecule has 0 atom stereocenters. The molecule has 0 fully saturated rings. The zero-order valence-corrected chi connectivity index (χ0v) is 13.2. The van der Waals surface area contributed by atoms with Crippen molar-refractivity contribution in [2.75, 3.05) is 19.7 Å². The van der Waals surface area contributed by atoms with E-state index in [-0.39, 0.29) is 0 Å². The molecule has 0 aromatic carbocycles. The van der Waals surface area contributed by atoms with Crippen molar-refractivity contribution in [3.63, 3.8) is 0 Å². The summed E-state index contributed by atoms with van der Waals surface area (Å²) in [5.41, 5.74) is 0. The summed E-state index contributed by atoms with van der Waals surface area (Å²) in [4.78, 5) is 0. The van der Waals surface area contributed by atoms with Crippen molar-refractivity contribution in [2.45, 2.75) is 46.5 Å². The van der Waals surface area contributed by atoms with Gasteiger partial charge in [-0.15, -0.1) is 13.1 Å². The number of aliphatic hydroxyl groups excluding tert-OH is 1. The van der Waals surface area contributed by atoms with Gasteiger partial charge in [0.15, 0.2) is 0 Å². The first kappa shape index (κ1) is 21.5. The predicted molar refractivity (Wildman–Crippen MR) is 67.4 cm³/mol. The van der Waals surface area contributed by atoms with Gasteiger partial charge in [-0.3, -0.25) is 0 Å². The molecular weight excluding hydrogens is 269 g/mol. The Bertz CT molecular complexity index is 74.4. The normalized spacial score (nSPS) is 8.13. The van der Waals surface area contributed by atoms with Gasteiger partial charge in [-0.1, -0.05) is 40.0 Å². The minimum absolute atomic E-state index is 0.344. The molecule has 0 aromatic rings. The number of nitrogens with zero attached hydrogens (tertiary/aromatic N) is 1. The zero-order chi connectivity index (χ0) is 12.4. The Labute approximate surface area is 112 Å². The molecule has 0 aromatic heterocycles. The summed E-state index contributed by atoms with van der Waals surface area (Å²) in [6.45, 7) is 8.80. The number of hydrogen-bond donors (Lipinski definition) is 1. The molecule has 1 N–H and O–H groups in total. The van der Waals surface area contributed by atoms with Crippen molar-refractivity contribution in [3.05, 3.63) is 5.32 Å². The third kappa shape index (κ3) is 51.0. The standard InChI is InChI=1S/C6H14N.C4H10O.2ClH.Ti/c1-3-5-7-6-4-2;1-2-3-4-5;;;/h3-6H2,1-2H3;5H,2-4H2,1H3;2*1H;/q-1;;;;+2/p-2. The fourth-order valence-electron chi connectivity index (χ4n) is 0.586. The van der Waals surface area contributed by atoms with Crippen LogP contribution in [-0.2, 0) is 17.0 Å². The Morgan fingerprint density at radius 2 is 1.40 bits per heavy atom. The molecule has 0 saturated carbocycles. The first-order valence-corrected chi connectivity index (χ1v) is 9.75. The minimum atomic E-state index is -0.556. The van der Waals surface area contributed by atoms with Gasteiger partial charge in [-0.2, -0.15) is 0 Å². The van der Waals surface area contributed by atoms with E-state index in [9.17, 15) is 0 Å². The van der Waals surface area contributed by atoms with Crippen LogP contribution in [0.1, 0.15) is 46.5 Å². The predicted octanol–water partition coefficient (Wildman–Crippen LogP) is 4.34. The van der Waals surface area contributed by atoms with Crippen molar-refractivity contribution in [3.8, 4) is 0 Å². The van der Waals surface area contributed by atoms with E-state index in [1.165, 1.54) is 12.8 Å². The molecule has 2 nitrogen and oxygen atoms in total.